The number of hydrogen-bond acceptors (Lipinski definition) is 1. The van der Waals surface area contributed by atoms with E-state index < -0.39 is 0 Å². The smallest absolute Gasteiger partial charge is 0.203 e. The highest BCUT2D eigenvalue weighted by Gasteiger charge is 2.15. The van der Waals surface area contributed by atoms with Crippen molar-refractivity contribution in [3.63, 3.8) is 0 Å². The van der Waals surface area contributed by atoms with Crippen molar-refractivity contribution < 1.29 is 0 Å². The number of nitrogens with zero attached hydrogens (tertiary/aromatic N) is 2. The van der Waals surface area contributed by atoms with E-state index in [1.165, 1.54) is 24.8 Å². The molecule has 1 fully saturated rings. The van der Waals surface area contributed by atoms with Gasteiger partial charge < -0.3 is 10.2 Å². The molecule has 1 aliphatic heterocycles. The summed E-state index contributed by atoms with van der Waals surface area (Å²) in [6.45, 7) is 4.25. The molecule has 0 aromatic heterocycles. The van der Waals surface area contributed by atoms with Crippen LogP contribution in [0.1, 0.15) is 24.8 Å². The van der Waals surface area contributed by atoms with Gasteiger partial charge in [0.25, 0.3) is 0 Å². The maximum atomic E-state index is 4.85. The molecular weight excluding hydrogens is 270 g/mol. The second-order valence-electron chi connectivity index (χ2n) is 5.81. The fraction of sp³-hybridized carbons (Fsp3) is 0.316. The Kier molecular flexibility index (Phi) is 4.74. The Labute approximate surface area is 132 Å². The number of likely N-dealkylation sites (tertiary alicyclic amines) is 1. The lowest BCUT2D eigenvalue weighted by Gasteiger charge is -2.30. The van der Waals surface area contributed by atoms with Gasteiger partial charge in [0.15, 0.2) is 0 Å². The number of aliphatic imine (C=N–C) groups is 1. The average Bonchev–Trinajstić information content (AvgIpc) is 2.58. The first-order valence-electron chi connectivity index (χ1n) is 8.04. The number of guanidine groups is 1. The van der Waals surface area contributed by atoms with E-state index in [0.29, 0.717) is 0 Å². The van der Waals surface area contributed by atoms with E-state index in [0.717, 1.165) is 30.4 Å². The average molecular weight is 293 g/mol. The standard InChI is InChI=1S/C19H23N3/c1-16-10-12-18(13-11-16)21-19(22-14-6-3-7-15-22)20-17-8-4-2-5-9-17/h2,4-5,8-13H,3,6-7,14-15H2,1H3,(H,20,21). The first-order chi connectivity index (χ1) is 10.8. The van der Waals surface area contributed by atoms with Crippen LogP contribution in [-0.4, -0.2) is 23.9 Å². The lowest BCUT2D eigenvalue weighted by atomic mass is 10.1. The van der Waals surface area contributed by atoms with Gasteiger partial charge in [0.05, 0.1) is 5.69 Å². The van der Waals surface area contributed by atoms with Gasteiger partial charge in [0.2, 0.25) is 5.96 Å². The highest BCUT2D eigenvalue weighted by molar-refractivity contribution is 5.95. The Morgan fingerprint density at radius 3 is 2.27 bits per heavy atom. The largest absolute Gasteiger partial charge is 0.342 e. The molecule has 0 radical (unpaired) electrons. The van der Waals surface area contributed by atoms with Gasteiger partial charge >= 0.3 is 0 Å². The number of aryl methyl sites for hydroxylation is 1. The fourth-order valence-electron chi connectivity index (χ4n) is 2.68. The highest BCUT2D eigenvalue weighted by atomic mass is 15.3. The lowest BCUT2D eigenvalue weighted by molar-refractivity contribution is 0.341. The van der Waals surface area contributed by atoms with Crippen molar-refractivity contribution in [1.29, 1.82) is 0 Å². The summed E-state index contributed by atoms with van der Waals surface area (Å²) in [5, 5.41) is 3.49. The number of nitrogens with one attached hydrogen (secondary N) is 1. The highest BCUT2D eigenvalue weighted by Crippen LogP contribution is 2.17. The van der Waals surface area contributed by atoms with Crippen LogP contribution in [0.25, 0.3) is 0 Å². The van der Waals surface area contributed by atoms with Crippen molar-refractivity contribution in [1.82, 2.24) is 4.90 Å². The molecule has 2 aromatic rings. The molecule has 2 aromatic carbocycles. The molecule has 1 N–H and O–H groups in total. The normalized spacial score (nSPS) is 15.7. The Morgan fingerprint density at radius 1 is 0.909 bits per heavy atom. The number of rotatable bonds is 2. The molecule has 1 aliphatic rings. The number of benzene rings is 2. The molecule has 3 rings (SSSR count). The van der Waals surface area contributed by atoms with Gasteiger partial charge in [-0.2, -0.15) is 0 Å². The van der Waals surface area contributed by atoms with E-state index >= 15 is 0 Å². The monoisotopic (exact) mass is 293 g/mol. The second-order valence-corrected chi connectivity index (χ2v) is 5.81. The van der Waals surface area contributed by atoms with Gasteiger partial charge in [0, 0.05) is 18.8 Å². The number of anilines is 1. The predicted octanol–water partition coefficient (Wildman–Crippen LogP) is 4.58. The number of piperidine rings is 1. The van der Waals surface area contributed by atoms with Crippen LogP contribution in [0.2, 0.25) is 0 Å². The first kappa shape index (κ1) is 14.6. The van der Waals surface area contributed by atoms with Crippen LogP contribution in [-0.2, 0) is 0 Å². The predicted molar refractivity (Wildman–Crippen MR) is 93.8 cm³/mol. The summed E-state index contributed by atoms with van der Waals surface area (Å²) in [6, 6.07) is 18.6. The van der Waals surface area contributed by atoms with Gasteiger partial charge in [-0.25, -0.2) is 4.99 Å². The van der Waals surface area contributed by atoms with Crippen LogP contribution in [0, 0.1) is 6.92 Å². The summed E-state index contributed by atoms with van der Waals surface area (Å²) in [6.07, 6.45) is 3.80. The van der Waals surface area contributed by atoms with Crippen molar-refractivity contribution in [2.75, 3.05) is 18.4 Å². The van der Waals surface area contributed by atoms with E-state index in [1.54, 1.807) is 0 Å². The zero-order valence-electron chi connectivity index (χ0n) is 13.1. The van der Waals surface area contributed by atoms with Gasteiger partial charge in [-0.05, 0) is 50.5 Å². The SMILES string of the molecule is Cc1ccc(N=C(Nc2ccccc2)N2CCCCC2)cc1. The van der Waals surface area contributed by atoms with Crippen LogP contribution in [0.4, 0.5) is 11.4 Å². The van der Waals surface area contributed by atoms with Crippen LogP contribution in [0.15, 0.2) is 59.6 Å². The zero-order valence-corrected chi connectivity index (χ0v) is 13.1. The van der Waals surface area contributed by atoms with Crippen molar-refractivity contribution in [2.45, 2.75) is 26.2 Å². The molecule has 22 heavy (non-hydrogen) atoms. The molecule has 0 amide bonds. The quantitative estimate of drug-likeness (QED) is 0.648. The summed E-state index contributed by atoms with van der Waals surface area (Å²) < 4.78 is 0. The lowest BCUT2D eigenvalue weighted by Crippen LogP contribution is -2.39. The molecule has 0 atom stereocenters. The molecule has 3 heteroatoms. The van der Waals surface area contributed by atoms with Gasteiger partial charge in [0.1, 0.15) is 0 Å². The van der Waals surface area contributed by atoms with E-state index in [9.17, 15) is 0 Å². The summed E-state index contributed by atoms with van der Waals surface area (Å²) in [7, 11) is 0. The second kappa shape index (κ2) is 7.12. The number of hydrogen-bond donors (Lipinski definition) is 1. The minimum absolute atomic E-state index is 0.953. The van der Waals surface area contributed by atoms with Gasteiger partial charge in [-0.15, -0.1) is 0 Å². The van der Waals surface area contributed by atoms with Crippen LogP contribution >= 0.6 is 0 Å². The molecular formula is C19H23N3. The topological polar surface area (TPSA) is 27.6 Å². The zero-order chi connectivity index (χ0) is 15.2. The van der Waals surface area contributed by atoms with E-state index in [-0.39, 0.29) is 0 Å². The summed E-state index contributed by atoms with van der Waals surface area (Å²) in [5.41, 5.74) is 3.34. The summed E-state index contributed by atoms with van der Waals surface area (Å²) in [4.78, 5) is 7.21. The van der Waals surface area contributed by atoms with Crippen LogP contribution in [0.3, 0.4) is 0 Å². The Balaban J connectivity index is 1.86. The van der Waals surface area contributed by atoms with Crippen LogP contribution in [0.5, 0.6) is 0 Å². The number of para-hydroxylation sites is 1. The molecule has 0 bridgehead atoms. The van der Waals surface area contributed by atoms with Crippen molar-refractivity contribution in [3.8, 4) is 0 Å². The van der Waals surface area contributed by atoms with Gasteiger partial charge in [-0.1, -0.05) is 35.9 Å². The van der Waals surface area contributed by atoms with Crippen molar-refractivity contribution >= 4 is 17.3 Å². The minimum atomic E-state index is 0.953. The Bertz CT molecular complexity index is 611. The molecule has 114 valence electrons. The van der Waals surface area contributed by atoms with E-state index in [2.05, 4.69) is 53.5 Å². The first-order valence-corrected chi connectivity index (χ1v) is 8.04. The Morgan fingerprint density at radius 2 is 1.59 bits per heavy atom. The van der Waals surface area contributed by atoms with E-state index in [1.807, 2.05) is 18.2 Å². The van der Waals surface area contributed by atoms with Crippen molar-refractivity contribution in [3.05, 3.63) is 60.2 Å². The third kappa shape index (κ3) is 3.88. The molecule has 3 nitrogen and oxygen atoms in total. The molecule has 1 heterocycles. The summed E-state index contributed by atoms with van der Waals surface area (Å²) in [5.74, 6) is 0.953. The van der Waals surface area contributed by atoms with Crippen LogP contribution < -0.4 is 5.32 Å². The van der Waals surface area contributed by atoms with Crippen molar-refractivity contribution in [2.24, 2.45) is 4.99 Å². The molecule has 1 saturated heterocycles. The third-order valence-electron chi connectivity index (χ3n) is 3.95. The molecule has 0 unspecified atom stereocenters. The summed E-state index contributed by atoms with van der Waals surface area (Å²) >= 11 is 0. The molecule has 0 saturated carbocycles. The minimum Gasteiger partial charge on any atom is -0.342 e. The molecule has 0 spiro atoms. The Hall–Kier alpha value is -2.29. The fourth-order valence-corrected chi connectivity index (χ4v) is 2.68. The third-order valence-corrected chi connectivity index (χ3v) is 3.95. The van der Waals surface area contributed by atoms with Gasteiger partial charge in [-0.3, -0.25) is 0 Å². The maximum Gasteiger partial charge on any atom is 0.203 e. The molecule has 0 aliphatic carbocycles. The maximum absolute atomic E-state index is 4.85. The van der Waals surface area contributed by atoms with E-state index in [4.69, 9.17) is 4.99 Å².